The molecule has 3 unspecified atom stereocenters. The molecule has 0 spiro atoms. The average molecular weight is 229 g/mol. The zero-order valence-electron chi connectivity index (χ0n) is 10.3. The van der Waals surface area contributed by atoms with Crippen molar-refractivity contribution in [2.75, 3.05) is 26.3 Å². The van der Waals surface area contributed by atoms with Crippen LogP contribution in [-0.2, 0) is 9.47 Å². The molecule has 2 aliphatic rings. The fraction of sp³-hybridized carbons (Fsp3) is 1.00. The van der Waals surface area contributed by atoms with Crippen molar-refractivity contribution in [2.24, 2.45) is 5.92 Å². The van der Waals surface area contributed by atoms with Crippen molar-refractivity contribution in [2.45, 2.75) is 45.1 Å². The van der Waals surface area contributed by atoms with E-state index < -0.39 is 0 Å². The Bertz CT molecular complexity index is 222. The normalized spacial score (nSPS) is 37.1. The third kappa shape index (κ3) is 2.74. The molecule has 94 valence electrons. The highest BCUT2D eigenvalue weighted by atomic mass is 16.7. The van der Waals surface area contributed by atoms with E-state index >= 15 is 0 Å². The molecule has 0 aromatic heterocycles. The molecule has 0 saturated carbocycles. The summed E-state index contributed by atoms with van der Waals surface area (Å²) in [5.74, 6) is 0.465. The van der Waals surface area contributed by atoms with Crippen LogP contribution in [0.15, 0.2) is 0 Å². The number of ether oxygens (including phenoxy) is 2. The van der Waals surface area contributed by atoms with Crippen molar-refractivity contribution in [3.8, 4) is 0 Å². The van der Waals surface area contributed by atoms with E-state index in [0.29, 0.717) is 18.6 Å². The molecule has 4 heteroatoms. The van der Waals surface area contributed by atoms with E-state index in [4.69, 9.17) is 14.6 Å². The maximum absolute atomic E-state index is 9.01. The lowest BCUT2D eigenvalue weighted by molar-refractivity contribution is -0.118. The van der Waals surface area contributed by atoms with Crippen molar-refractivity contribution in [1.82, 2.24) is 4.90 Å². The Balaban J connectivity index is 1.85. The molecule has 16 heavy (non-hydrogen) atoms. The summed E-state index contributed by atoms with van der Waals surface area (Å²) in [5.41, 5.74) is 0. The number of likely N-dealkylation sites (tertiary alicyclic amines) is 1. The van der Waals surface area contributed by atoms with Crippen LogP contribution in [0, 0.1) is 5.92 Å². The van der Waals surface area contributed by atoms with Crippen LogP contribution in [0.25, 0.3) is 0 Å². The molecule has 0 aromatic carbocycles. The van der Waals surface area contributed by atoms with Crippen LogP contribution >= 0.6 is 0 Å². The van der Waals surface area contributed by atoms with Crippen molar-refractivity contribution in [3.63, 3.8) is 0 Å². The number of aliphatic hydroxyl groups is 1. The smallest absolute Gasteiger partial charge is 0.162 e. The SMILES string of the molecule is CC(C)N1CCCC(C2OCC(CO)O2)C1. The van der Waals surface area contributed by atoms with Gasteiger partial charge in [0.2, 0.25) is 0 Å². The first kappa shape index (κ1) is 12.3. The summed E-state index contributed by atoms with van der Waals surface area (Å²) in [6, 6.07) is 0.595. The molecular weight excluding hydrogens is 206 g/mol. The van der Waals surface area contributed by atoms with Gasteiger partial charge in [0.15, 0.2) is 6.29 Å². The summed E-state index contributed by atoms with van der Waals surface area (Å²) in [6.45, 7) is 7.31. The first-order valence-corrected chi connectivity index (χ1v) is 6.32. The standard InChI is InChI=1S/C12H23NO3/c1-9(2)13-5-3-4-10(6-13)12-15-8-11(7-14)16-12/h9-12,14H,3-8H2,1-2H3. The zero-order valence-corrected chi connectivity index (χ0v) is 10.3. The fourth-order valence-electron chi connectivity index (χ4n) is 2.54. The summed E-state index contributed by atoms with van der Waals surface area (Å²) >= 11 is 0. The lowest BCUT2D eigenvalue weighted by Gasteiger charge is -2.37. The molecule has 4 nitrogen and oxygen atoms in total. The Morgan fingerprint density at radius 2 is 2.25 bits per heavy atom. The molecule has 2 saturated heterocycles. The maximum Gasteiger partial charge on any atom is 0.162 e. The highest BCUT2D eigenvalue weighted by Crippen LogP contribution is 2.27. The van der Waals surface area contributed by atoms with Gasteiger partial charge in [-0.25, -0.2) is 0 Å². The maximum atomic E-state index is 9.01. The second kappa shape index (κ2) is 5.45. The summed E-state index contributed by atoms with van der Waals surface area (Å²) in [7, 11) is 0. The Morgan fingerprint density at radius 3 is 2.88 bits per heavy atom. The monoisotopic (exact) mass is 229 g/mol. The van der Waals surface area contributed by atoms with Crippen LogP contribution in [-0.4, -0.2) is 54.7 Å². The van der Waals surface area contributed by atoms with Crippen molar-refractivity contribution >= 4 is 0 Å². The highest BCUT2D eigenvalue weighted by Gasteiger charge is 2.35. The van der Waals surface area contributed by atoms with Gasteiger partial charge in [-0.2, -0.15) is 0 Å². The van der Waals surface area contributed by atoms with Gasteiger partial charge in [0.1, 0.15) is 6.10 Å². The third-order valence-electron chi connectivity index (χ3n) is 3.58. The molecule has 0 radical (unpaired) electrons. The molecule has 2 heterocycles. The number of aliphatic hydroxyl groups excluding tert-OH is 1. The number of piperidine rings is 1. The molecular formula is C12H23NO3. The number of hydrogen-bond donors (Lipinski definition) is 1. The lowest BCUT2D eigenvalue weighted by Crippen LogP contribution is -2.44. The minimum absolute atomic E-state index is 0.0666. The van der Waals surface area contributed by atoms with Crippen molar-refractivity contribution in [3.05, 3.63) is 0 Å². The van der Waals surface area contributed by atoms with E-state index in [9.17, 15) is 0 Å². The fourth-order valence-corrected chi connectivity index (χ4v) is 2.54. The minimum Gasteiger partial charge on any atom is -0.394 e. The molecule has 2 aliphatic heterocycles. The lowest BCUT2D eigenvalue weighted by atomic mass is 9.96. The summed E-state index contributed by atoms with van der Waals surface area (Å²) in [6.07, 6.45) is 2.18. The van der Waals surface area contributed by atoms with E-state index in [1.165, 1.54) is 19.4 Å². The predicted octanol–water partition coefficient (Wildman–Crippen LogP) is 0.841. The van der Waals surface area contributed by atoms with Crippen LogP contribution in [0.1, 0.15) is 26.7 Å². The van der Waals surface area contributed by atoms with Gasteiger partial charge in [-0.1, -0.05) is 0 Å². The zero-order chi connectivity index (χ0) is 11.5. The quantitative estimate of drug-likeness (QED) is 0.778. The predicted molar refractivity (Wildman–Crippen MR) is 61.1 cm³/mol. The minimum atomic E-state index is -0.112. The van der Waals surface area contributed by atoms with Gasteiger partial charge in [0.05, 0.1) is 13.2 Å². The molecule has 0 bridgehead atoms. The van der Waals surface area contributed by atoms with Gasteiger partial charge in [0, 0.05) is 18.5 Å². The van der Waals surface area contributed by atoms with Gasteiger partial charge in [-0.15, -0.1) is 0 Å². The Labute approximate surface area is 97.5 Å². The van der Waals surface area contributed by atoms with E-state index in [1.54, 1.807) is 0 Å². The number of hydrogen-bond acceptors (Lipinski definition) is 4. The molecule has 3 atom stereocenters. The van der Waals surface area contributed by atoms with E-state index in [1.807, 2.05) is 0 Å². The van der Waals surface area contributed by atoms with Crippen LogP contribution < -0.4 is 0 Å². The molecule has 1 N–H and O–H groups in total. The number of rotatable bonds is 3. The van der Waals surface area contributed by atoms with Gasteiger partial charge in [-0.3, -0.25) is 0 Å². The Kier molecular flexibility index (Phi) is 4.19. The molecule has 2 rings (SSSR count). The van der Waals surface area contributed by atoms with E-state index in [2.05, 4.69) is 18.7 Å². The topological polar surface area (TPSA) is 41.9 Å². The third-order valence-corrected chi connectivity index (χ3v) is 3.58. The van der Waals surface area contributed by atoms with Crippen LogP contribution in [0.3, 0.4) is 0 Å². The van der Waals surface area contributed by atoms with Gasteiger partial charge in [0.25, 0.3) is 0 Å². The molecule has 0 amide bonds. The van der Waals surface area contributed by atoms with Crippen molar-refractivity contribution in [1.29, 1.82) is 0 Å². The second-order valence-corrected chi connectivity index (χ2v) is 5.13. The van der Waals surface area contributed by atoms with E-state index in [0.717, 1.165) is 6.54 Å². The van der Waals surface area contributed by atoms with Gasteiger partial charge < -0.3 is 19.5 Å². The Hall–Kier alpha value is -0.160. The van der Waals surface area contributed by atoms with E-state index in [-0.39, 0.29) is 19.0 Å². The first-order valence-electron chi connectivity index (χ1n) is 6.32. The van der Waals surface area contributed by atoms with Gasteiger partial charge in [-0.05, 0) is 33.2 Å². The van der Waals surface area contributed by atoms with Crippen LogP contribution in [0.5, 0.6) is 0 Å². The summed E-state index contributed by atoms with van der Waals surface area (Å²) in [5, 5.41) is 9.01. The van der Waals surface area contributed by atoms with Gasteiger partial charge >= 0.3 is 0 Å². The largest absolute Gasteiger partial charge is 0.394 e. The van der Waals surface area contributed by atoms with Crippen LogP contribution in [0.4, 0.5) is 0 Å². The highest BCUT2D eigenvalue weighted by molar-refractivity contribution is 4.80. The summed E-state index contributed by atoms with van der Waals surface area (Å²) in [4.78, 5) is 2.48. The molecule has 0 aromatic rings. The Morgan fingerprint density at radius 1 is 1.44 bits per heavy atom. The first-order chi connectivity index (χ1) is 7.70. The summed E-state index contributed by atoms with van der Waals surface area (Å²) < 4.78 is 11.3. The molecule has 0 aliphatic carbocycles. The van der Waals surface area contributed by atoms with Crippen molar-refractivity contribution < 1.29 is 14.6 Å². The number of nitrogens with zero attached hydrogens (tertiary/aromatic N) is 1. The average Bonchev–Trinajstić information content (AvgIpc) is 2.77. The second-order valence-electron chi connectivity index (χ2n) is 5.13. The molecule has 2 fully saturated rings. The van der Waals surface area contributed by atoms with Crippen LogP contribution in [0.2, 0.25) is 0 Å².